The zero-order valence-electron chi connectivity index (χ0n) is 16.0. The molecule has 0 spiro atoms. The molecular weight excluding hydrogens is 326 g/mol. The van der Waals surface area contributed by atoms with E-state index in [-0.39, 0.29) is 23.9 Å². The molecule has 2 saturated carbocycles. The van der Waals surface area contributed by atoms with Gasteiger partial charge in [0.2, 0.25) is 0 Å². The molecule has 2 aliphatic heterocycles. The summed E-state index contributed by atoms with van der Waals surface area (Å²) in [7, 11) is 0. The highest BCUT2D eigenvalue weighted by Gasteiger charge is 2.71. The van der Waals surface area contributed by atoms with E-state index in [2.05, 4.69) is 17.9 Å². The molecule has 5 rings (SSSR count). The first kappa shape index (κ1) is 17.2. The zero-order valence-corrected chi connectivity index (χ0v) is 16.0. The molecule has 0 aromatic heterocycles. The fourth-order valence-corrected chi connectivity index (χ4v) is 8.51. The monoisotopic (exact) mass is 359 g/mol. The Bertz CT molecular complexity index is 645. The smallest absolute Gasteiger partial charge is 0.303 e. The summed E-state index contributed by atoms with van der Waals surface area (Å²) in [5.74, 6) is 1.84. The van der Waals surface area contributed by atoms with Gasteiger partial charge in [0.25, 0.3) is 0 Å². The maximum Gasteiger partial charge on any atom is 0.303 e. The number of hydrogen-bond acceptors (Lipinski definition) is 3. The Morgan fingerprint density at radius 1 is 1.27 bits per heavy atom. The highest BCUT2D eigenvalue weighted by Crippen LogP contribution is 2.72. The maximum absolute atomic E-state index is 11.6. The molecule has 0 aromatic carbocycles. The standard InChI is InChI=1S/C22H33NO3/c1-14-11-23-12-16-6-5-15-3-2-4-18(15)22(10-8-19(25)26)20(23)17(14)7-9-21(16,22)13-24/h4,14-17,20,24H,2-3,5-13H2,1H3,(H,25,26)/t14-,15-,16-,17-,20+,21-,22+/m0/s1. The predicted octanol–water partition coefficient (Wildman–Crippen LogP) is 3.31. The SMILES string of the molecule is C[C@H]1CN2C[C@@H]3CC[C@@H]4CCC=C4[C@]4(CCC(=O)O)[C@H]2[C@H]1CC[C@]34CO. The van der Waals surface area contributed by atoms with Gasteiger partial charge in [0, 0.05) is 43.0 Å². The van der Waals surface area contributed by atoms with Gasteiger partial charge in [-0.2, -0.15) is 0 Å². The number of aliphatic hydroxyl groups excluding tert-OH is 1. The molecule has 26 heavy (non-hydrogen) atoms. The van der Waals surface area contributed by atoms with Crippen LogP contribution in [-0.2, 0) is 4.79 Å². The number of nitrogens with zero attached hydrogens (tertiary/aromatic N) is 1. The molecule has 0 unspecified atom stereocenters. The van der Waals surface area contributed by atoms with Gasteiger partial charge in [-0.05, 0) is 68.6 Å². The highest BCUT2D eigenvalue weighted by atomic mass is 16.4. The van der Waals surface area contributed by atoms with Gasteiger partial charge < -0.3 is 10.2 Å². The van der Waals surface area contributed by atoms with Crippen LogP contribution in [0.1, 0.15) is 58.3 Å². The van der Waals surface area contributed by atoms with Crippen molar-refractivity contribution in [2.45, 2.75) is 64.3 Å². The second-order valence-electron chi connectivity index (χ2n) is 9.97. The first-order chi connectivity index (χ1) is 12.5. The van der Waals surface area contributed by atoms with Crippen molar-refractivity contribution in [2.75, 3.05) is 19.7 Å². The lowest BCUT2D eigenvalue weighted by atomic mass is 9.42. The van der Waals surface area contributed by atoms with Crippen LogP contribution >= 0.6 is 0 Å². The first-order valence-electron chi connectivity index (χ1n) is 10.8. The van der Waals surface area contributed by atoms with E-state index >= 15 is 0 Å². The van der Waals surface area contributed by atoms with Gasteiger partial charge in [0.1, 0.15) is 0 Å². The molecule has 4 bridgehead atoms. The summed E-state index contributed by atoms with van der Waals surface area (Å²) < 4.78 is 0. The number of fused-ring (bicyclic) bond motifs is 1. The van der Waals surface area contributed by atoms with Crippen molar-refractivity contribution >= 4 is 5.97 Å². The van der Waals surface area contributed by atoms with E-state index in [9.17, 15) is 15.0 Å². The van der Waals surface area contributed by atoms with Crippen LogP contribution in [0.3, 0.4) is 0 Å². The van der Waals surface area contributed by atoms with Crippen LogP contribution in [0.5, 0.6) is 0 Å². The molecule has 3 aliphatic carbocycles. The summed E-state index contributed by atoms with van der Waals surface area (Å²) in [6, 6.07) is 0.457. The number of hydrogen-bond donors (Lipinski definition) is 2. The number of piperidine rings is 1. The molecule has 4 heteroatoms. The molecule has 2 N–H and O–H groups in total. The van der Waals surface area contributed by atoms with Crippen molar-refractivity contribution < 1.29 is 15.0 Å². The molecule has 7 atom stereocenters. The largest absolute Gasteiger partial charge is 0.481 e. The van der Waals surface area contributed by atoms with E-state index in [1.165, 1.54) is 32.2 Å². The average molecular weight is 360 g/mol. The third-order valence-corrected chi connectivity index (χ3v) is 9.32. The molecule has 0 aromatic rings. The lowest BCUT2D eigenvalue weighted by Gasteiger charge is -2.67. The van der Waals surface area contributed by atoms with Crippen molar-refractivity contribution in [1.82, 2.24) is 4.90 Å². The number of aliphatic carboxylic acids is 1. The van der Waals surface area contributed by atoms with Gasteiger partial charge in [-0.1, -0.05) is 18.6 Å². The molecule has 144 valence electrons. The van der Waals surface area contributed by atoms with E-state index in [0.717, 1.165) is 25.8 Å². The van der Waals surface area contributed by atoms with E-state index in [4.69, 9.17) is 0 Å². The molecule has 4 nitrogen and oxygen atoms in total. The van der Waals surface area contributed by atoms with Gasteiger partial charge in [-0.15, -0.1) is 0 Å². The third-order valence-electron chi connectivity index (χ3n) is 9.32. The summed E-state index contributed by atoms with van der Waals surface area (Å²) in [4.78, 5) is 14.4. The Hall–Kier alpha value is -0.870. The number of carboxylic acids is 1. The normalized spacial score (nSPS) is 49.5. The summed E-state index contributed by atoms with van der Waals surface area (Å²) in [6.45, 7) is 4.94. The number of carbonyl (C=O) groups is 1. The summed E-state index contributed by atoms with van der Waals surface area (Å²) >= 11 is 0. The average Bonchev–Trinajstić information content (AvgIpc) is 3.20. The lowest BCUT2D eigenvalue weighted by molar-refractivity contribution is -0.176. The van der Waals surface area contributed by atoms with E-state index in [1.807, 2.05) is 0 Å². The van der Waals surface area contributed by atoms with E-state index < -0.39 is 5.97 Å². The van der Waals surface area contributed by atoms with Crippen LogP contribution in [-0.4, -0.2) is 46.8 Å². The minimum Gasteiger partial charge on any atom is -0.481 e. The van der Waals surface area contributed by atoms with Gasteiger partial charge in [0.15, 0.2) is 0 Å². The summed E-state index contributed by atoms with van der Waals surface area (Å²) in [6.07, 6.45) is 10.6. The van der Waals surface area contributed by atoms with Crippen LogP contribution in [0.15, 0.2) is 11.6 Å². The van der Waals surface area contributed by atoms with E-state index in [0.29, 0.717) is 29.7 Å². The highest BCUT2D eigenvalue weighted by molar-refractivity contribution is 5.67. The molecule has 4 fully saturated rings. The van der Waals surface area contributed by atoms with Gasteiger partial charge in [-0.3, -0.25) is 9.69 Å². The number of carboxylic acid groups (broad SMARTS) is 1. The lowest BCUT2D eigenvalue weighted by Crippen LogP contribution is -2.69. The minimum atomic E-state index is -0.678. The Labute approximate surface area is 156 Å². The van der Waals surface area contributed by atoms with Gasteiger partial charge in [-0.25, -0.2) is 0 Å². The molecule has 5 aliphatic rings. The Morgan fingerprint density at radius 3 is 2.88 bits per heavy atom. The third kappa shape index (κ3) is 1.95. The van der Waals surface area contributed by atoms with Crippen LogP contribution < -0.4 is 0 Å². The fraction of sp³-hybridized carbons (Fsp3) is 0.864. The number of aliphatic hydroxyl groups is 1. The maximum atomic E-state index is 11.6. The predicted molar refractivity (Wildman–Crippen MR) is 99.6 cm³/mol. The number of allylic oxidation sites excluding steroid dienone is 1. The number of rotatable bonds is 4. The second kappa shape index (κ2) is 5.81. The van der Waals surface area contributed by atoms with Crippen LogP contribution in [0.25, 0.3) is 0 Å². The van der Waals surface area contributed by atoms with Gasteiger partial charge in [0.05, 0.1) is 0 Å². The Balaban J connectivity index is 1.73. The molecule has 0 radical (unpaired) electrons. The molecular formula is C22H33NO3. The second-order valence-corrected chi connectivity index (χ2v) is 9.97. The summed E-state index contributed by atoms with van der Waals surface area (Å²) in [5, 5.41) is 20.4. The van der Waals surface area contributed by atoms with Crippen molar-refractivity contribution in [3.05, 3.63) is 11.6 Å². The van der Waals surface area contributed by atoms with Gasteiger partial charge >= 0.3 is 5.97 Å². The van der Waals surface area contributed by atoms with Crippen molar-refractivity contribution in [2.24, 2.45) is 34.5 Å². The quantitative estimate of drug-likeness (QED) is 0.756. The Morgan fingerprint density at radius 2 is 2.12 bits per heavy atom. The molecule has 2 heterocycles. The van der Waals surface area contributed by atoms with Crippen LogP contribution in [0, 0.1) is 34.5 Å². The molecule has 0 amide bonds. The fourth-order valence-electron chi connectivity index (χ4n) is 8.51. The van der Waals surface area contributed by atoms with E-state index in [1.54, 1.807) is 5.57 Å². The summed E-state index contributed by atoms with van der Waals surface area (Å²) in [5.41, 5.74) is 1.38. The first-order valence-corrected chi connectivity index (χ1v) is 10.8. The van der Waals surface area contributed by atoms with Crippen LogP contribution in [0.2, 0.25) is 0 Å². The van der Waals surface area contributed by atoms with Crippen LogP contribution in [0.4, 0.5) is 0 Å². The Kier molecular flexibility index (Phi) is 3.85. The zero-order chi connectivity index (χ0) is 18.1. The topological polar surface area (TPSA) is 60.8 Å². The van der Waals surface area contributed by atoms with Crippen molar-refractivity contribution in [1.29, 1.82) is 0 Å². The minimum absolute atomic E-state index is 0.0882. The molecule has 2 saturated heterocycles. The van der Waals surface area contributed by atoms with Crippen molar-refractivity contribution in [3.8, 4) is 0 Å². The van der Waals surface area contributed by atoms with Crippen molar-refractivity contribution in [3.63, 3.8) is 0 Å².